The Balaban J connectivity index is 2.41. The van der Waals surface area contributed by atoms with E-state index in [0.717, 1.165) is 0 Å². The smallest absolute Gasteiger partial charge is 0.327 e. The number of carbonyl (C=O) groups is 2. The lowest BCUT2D eigenvalue weighted by atomic mass is 10.3. The zero-order valence-corrected chi connectivity index (χ0v) is 10.5. The molecule has 1 fully saturated rings. The van der Waals surface area contributed by atoms with E-state index in [1.54, 1.807) is 6.26 Å². The molecule has 0 aromatic rings. The summed E-state index contributed by atoms with van der Waals surface area (Å²) in [5, 5.41) is 11.4. The molecule has 6 nitrogen and oxygen atoms in total. The quantitative estimate of drug-likeness (QED) is 0.718. The van der Waals surface area contributed by atoms with Crippen LogP contribution in [-0.2, 0) is 15.6 Å². The number of hydrogen-bond acceptors (Lipinski definition) is 4. The van der Waals surface area contributed by atoms with Crippen molar-refractivity contribution in [3.8, 4) is 0 Å². The van der Waals surface area contributed by atoms with E-state index in [2.05, 4.69) is 5.32 Å². The Hall–Kier alpha value is -0.760. The number of rotatable bonds is 4. The Kier molecular flexibility index (Phi) is 5.07. The number of nitrogens with one attached hydrogen (secondary N) is 1. The topological polar surface area (TPSA) is 86.7 Å². The molecule has 1 saturated heterocycles. The number of carboxylic acids is 1. The van der Waals surface area contributed by atoms with E-state index in [9.17, 15) is 13.8 Å². The lowest BCUT2D eigenvalue weighted by Gasteiger charge is -2.20. The average Bonchev–Trinajstić information content (AvgIpc) is 2.65. The zero-order chi connectivity index (χ0) is 12.1. The van der Waals surface area contributed by atoms with Gasteiger partial charge in [-0.1, -0.05) is 0 Å². The first-order valence-electron chi connectivity index (χ1n) is 4.67. The molecule has 1 aliphatic heterocycles. The maximum absolute atomic E-state index is 11.6. The van der Waals surface area contributed by atoms with E-state index in [0.29, 0.717) is 23.9 Å². The SMILES string of the molecule is CS(=O)CCNC(=O)N1CSCC1C(=O)O. The van der Waals surface area contributed by atoms with Crippen molar-refractivity contribution in [2.24, 2.45) is 0 Å². The van der Waals surface area contributed by atoms with Crippen molar-refractivity contribution >= 4 is 34.6 Å². The van der Waals surface area contributed by atoms with Crippen molar-refractivity contribution in [2.45, 2.75) is 6.04 Å². The second kappa shape index (κ2) is 6.09. The van der Waals surface area contributed by atoms with Crippen LogP contribution in [0.15, 0.2) is 0 Å². The van der Waals surface area contributed by atoms with Crippen LogP contribution in [0.1, 0.15) is 0 Å². The van der Waals surface area contributed by atoms with Gasteiger partial charge >= 0.3 is 12.0 Å². The minimum Gasteiger partial charge on any atom is -0.480 e. The second-order valence-corrected chi connectivity index (χ2v) is 5.89. The molecular formula is C8H14N2O4S2. The van der Waals surface area contributed by atoms with Crippen LogP contribution in [0.2, 0.25) is 0 Å². The first-order chi connectivity index (χ1) is 7.52. The van der Waals surface area contributed by atoms with Gasteiger partial charge < -0.3 is 15.3 Å². The van der Waals surface area contributed by atoms with Crippen molar-refractivity contribution in [3.05, 3.63) is 0 Å². The molecular weight excluding hydrogens is 252 g/mol. The van der Waals surface area contributed by atoms with Gasteiger partial charge in [-0.2, -0.15) is 0 Å². The minimum absolute atomic E-state index is 0.301. The molecule has 2 unspecified atom stereocenters. The summed E-state index contributed by atoms with van der Waals surface area (Å²) >= 11 is 1.41. The van der Waals surface area contributed by atoms with Crippen molar-refractivity contribution in [2.75, 3.05) is 30.2 Å². The third-order valence-corrected chi connectivity index (χ3v) is 3.89. The standard InChI is InChI=1S/C8H14N2O4S2/c1-16(14)3-2-9-8(13)10-5-15-4-6(10)7(11)12/h6H,2-5H2,1H3,(H,9,13)(H,11,12). The van der Waals surface area contributed by atoms with Gasteiger partial charge in [0.25, 0.3) is 0 Å². The van der Waals surface area contributed by atoms with Crippen molar-refractivity contribution in [1.82, 2.24) is 10.2 Å². The molecule has 0 radical (unpaired) electrons. The van der Waals surface area contributed by atoms with Crippen LogP contribution in [0, 0.1) is 0 Å². The van der Waals surface area contributed by atoms with Crippen LogP contribution in [-0.4, -0.2) is 62.4 Å². The second-order valence-electron chi connectivity index (χ2n) is 3.33. The monoisotopic (exact) mass is 266 g/mol. The fourth-order valence-electron chi connectivity index (χ4n) is 1.25. The molecule has 0 spiro atoms. The van der Waals surface area contributed by atoms with E-state index < -0.39 is 28.8 Å². The maximum Gasteiger partial charge on any atom is 0.327 e. The van der Waals surface area contributed by atoms with Crippen molar-refractivity contribution in [1.29, 1.82) is 0 Å². The largest absolute Gasteiger partial charge is 0.480 e. The molecule has 0 aromatic carbocycles. The van der Waals surface area contributed by atoms with Crippen molar-refractivity contribution in [3.63, 3.8) is 0 Å². The number of carboxylic acid groups (broad SMARTS) is 1. The highest BCUT2D eigenvalue weighted by Gasteiger charge is 2.34. The molecule has 0 aliphatic carbocycles. The molecule has 8 heteroatoms. The lowest BCUT2D eigenvalue weighted by molar-refractivity contribution is -0.140. The molecule has 2 N–H and O–H groups in total. The van der Waals surface area contributed by atoms with Gasteiger partial charge in [-0.25, -0.2) is 9.59 Å². The first kappa shape index (κ1) is 13.3. The highest BCUT2D eigenvalue weighted by atomic mass is 32.2. The van der Waals surface area contributed by atoms with Crippen LogP contribution in [0.5, 0.6) is 0 Å². The fraction of sp³-hybridized carbons (Fsp3) is 0.750. The number of carbonyl (C=O) groups excluding carboxylic acids is 1. The van der Waals surface area contributed by atoms with E-state index in [4.69, 9.17) is 5.11 Å². The molecule has 0 aromatic heterocycles. The summed E-state index contributed by atoms with van der Waals surface area (Å²) in [5.74, 6) is 0.199. The van der Waals surface area contributed by atoms with Crippen molar-refractivity contribution < 1.29 is 18.9 Å². The predicted octanol–water partition coefficient (Wildman–Crippen LogP) is -0.466. The Morgan fingerprint density at radius 3 is 2.88 bits per heavy atom. The average molecular weight is 266 g/mol. The third-order valence-electron chi connectivity index (χ3n) is 2.09. The molecule has 0 bridgehead atoms. The zero-order valence-electron chi connectivity index (χ0n) is 8.84. The van der Waals surface area contributed by atoms with Crippen LogP contribution in [0.4, 0.5) is 4.79 Å². The number of urea groups is 1. The summed E-state index contributed by atoms with van der Waals surface area (Å²) < 4.78 is 10.8. The van der Waals surface area contributed by atoms with Crippen LogP contribution in [0.25, 0.3) is 0 Å². The van der Waals surface area contributed by atoms with Gasteiger partial charge in [0.05, 0.1) is 5.88 Å². The molecule has 2 atom stereocenters. The number of nitrogens with zero attached hydrogens (tertiary/aromatic N) is 1. The summed E-state index contributed by atoms with van der Waals surface area (Å²) in [6, 6.07) is -1.15. The third kappa shape index (κ3) is 3.67. The Morgan fingerprint density at radius 1 is 1.62 bits per heavy atom. The van der Waals surface area contributed by atoms with Gasteiger partial charge in [0.15, 0.2) is 0 Å². The van der Waals surface area contributed by atoms with Gasteiger partial charge in [0.2, 0.25) is 0 Å². The van der Waals surface area contributed by atoms with E-state index >= 15 is 0 Å². The molecule has 2 amide bonds. The van der Waals surface area contributed by atoms with Crippen LogP contribution in [0.3, 0.4) is 0 Å². The summed E-state index contributed by atoms with van der Waals surface area (Å²) in [6.45, 7) is 0.301. The van der Waals surface area contributed by atoms with Gasteiger partial charge in [-0.15, -0.1) is 11.8 Å². The van der Waals surface area contributed by atoms with Crippen LogP contribution < -0.4 is 5.32 Å². The maximum atomic E-state index is 11.6. The molecule has 1 aliphatic rings. The molecule has 1 rings (SSSR count). The molecule has 0 saturated carbocycles. The van der Waals surface area contributed by atoms with Gasteiger partial charge in [-0.3, -0.25) is 4.21 Å². The van der Waals surface area contributed by atoms with Gasteiger partial charge in [0, 0.05) is 35.1 Å². The summed E-state index contributed by atoms with van der Waals surface area (Å²) in [7, 11) is -0.956. The first-order valence-corrected chi connectivity index (χ1v) is 7.55. The van der Waals surface area contributed by atoms with E-state index in [1.165, 1.54) is 16.7 Å². The van der Waals surface area contributed by atoms with E-state index in [-0.39, 0.29) is 0 Å². The number of thioether (sulfide) groups is 1. The molecule has 16 heavy (non-hydrogen) atoms. The van der Waals surface area contributed by atoms with E-state index in [1.807, 2.05) is 0 Å². The number of amides is 2. The van der Waals surface area contributed by atoms with Gasteiger partial charge in [0.1, 0.15) is 6.04 Å². The highest BCUT2D eigenvalue weighted by molar-refractivity contribution is 7.99. The Bertz CT molecular complexity index is 310. The number of aliphatic carboxylic acids is 1. The molecule has 1 heterocycles. The Labute approximate surface area is 100 Å². The van der Waals surface area contributed by atoms with Crippen LogP contribution >= 0.6 is 11.8 Å². The summed E-state index contributed by atoms with van der Waals surface area (Å²) in [6.07, 6.45) is 1.55. The fourth-order valence-corrected chi connectivity index (χ4v) is 2.79. The summed E-state index contributed by atoms with van der Waals surface area (Å²) in [4.78, 5) is 23.7. The predicted molar refractivity (Wildman–Crippen MR) is 62.9 cm³/mol. The lowest BCUT2D eigenvalue weighted by Crippen LogP contribution is -2.47. The molecule has 92 valence electrons. The van der Waals surface area contributed by atoms with Gasteiger partial charge in [-0.05, 0) is 0 Å². The normalized spacial score (nSPS) is 21.8. The highest BCUT2D eigenvalue weighted by Crippen LogP contribution is 2.20. The summed E-state index contributed by atoms with van der Waals surface area (Å²) in [5.41, 5.74) is 0. The Morgan fingerprint density at radius 2 is 2.31 bits per heavy atom. The minimum atomic E-state index is -0.987. The number of hydrogen-bond donors (Lipinski definition) is 2.